The first-order valence-electron chi connectivity index (χ1n) is 5.17. The number of nitrogens with one attached hydrogen (secondary N) is 1. The van der Waals surface area contributed by atoms with E-state index < -0.39 is 0 Å². The first-order chi connectivity index (χ1) is 8.24. The Balaban J connectivity index is 2.46. The highest BCUT2D eigenvalue weighted by atomic mass is 35.5. The van der Waals surface area contributed by atoms with Gasteiger partial charge in [-0.25, -0.2) is 0 Å². The first-order valence-corrected chi connectivity index (χ1v) is 5.70. The molecular weight excluding hydrogens is 238 g/mol. The lowest BCUT2D eigenvalue weighted by molar-refractivity contribution is 0.415. The number of hydrogen-bond donors (Lipinski definition) is 1. The molecule has 1 aromatic carbocycles. The lowest BCUT2D eigenvalue weighted by Crippen LogP contribution is -2.11. The fraction of sp³-hybridized carbons (Fsp3) is 0.154. The smallest absolute Gasteiger partial charge is 0.252 e. The predicted octanol–water partition coefficient (Wildman–Crippen LogP) is 2.79. The van der Waals surface area contributed by atoms with Gasteiger partial charge in [0.15, 0.2) is 0 Å². The minimum absolute atomic E-state index is 0.152. The molecule has 2 rings (SSSR count). The molecule has 0 aliphatic heterocycles. The molecule has 0 atom stereocenters. The lowest BCUT2D eigenvalue weighted by Gasteiger charge is -2.05. The zero-order chi connectivity index (χ0) is 12.3. The molecule has 0 spiro atoms. The highest BCUT2D eigenvalue weighted by Gasteiger charge is 2.03. The van der Waals surface area contributed by atoms with Crippen LogP contribution in [0.2, 0.25) is 0 Å². The van der Waals surface area contributed by atoms with Crippen LogP contribution < -0.4 is 10.3 Å². The first kappa shape index (κ1) is 11.7. The van der Waals surface area contributed by atoms with Crippen molar-refractivity contribution in [2.45, 2.75) is 5.88 Å². The quantitative estimate of drug-likeness (QED) is 0.850. The van der Waals surface area contributed by atoms with E-state index in [0.717, 1.165) is 17.0 Å². The Bertz CT molecular complexity index is 578. The van der Waals surface area contributed by atoms with Gasteiger partial charge in [0.1, 0.15) is 5.75 Å². The summed E-state index contributed by atoms with van der Waals surface area (Å²) in [7, 11) is 1.61. The number of hydrogen-bond acceptors (Lipinski definition) is 2. The Hall–Kier alpha value is -1.74. The number of rotatable bonds is 3. The van der Waals surface area contributed by atoms with E-state index in [-0.39, 0.29) is 11.4 Å². The normalized spacial score (nSPS) is 10.2. The van der Waals surface area contributed by atoms with E-state index in [9.17, 15) is 4.79 Å². The molecule has 0 saturated carbocycles. The Morgan fingerprint density at radius 3 is 2.76 bits per heavy atom. The molecule has 0 amide bonds. The molecule has 17 heavy (non-hydrogen) atoms. The van der Waals surface area contributed by atoms with Gasteiger partial charge in [-0.2, -0.15) is 0 Å². The molecule has 0 unspecified atom stereocenters. The van der Waals surface area contributed by atoms with E-state index in [2.05, 4.69) is 4.98 Å². The van der Waals surface area contributed by atoms with E-state index in [1.807, 2.05) is 30.3 Å². The van der Waals surface area contributed by atoms with Crippen molar-refractivity contribution in [2.75, 3.05) is 7.11 Å². The fourth-order valence-electron chi connectivity index (χ4n) is 1.57. The van der Waals surface area contributed by atoms with Crippen LogP contribution in [0.1, 0.15) is 5.56 Å². The summed E-state index contributed by atoms with van der Waals surface area (Å²) in [6.45, 7) is 0. The minimum Gasteiger partial charge on any atom is -0.497 e. The summed E-state index contributed by atoms with van der Waals surface area (Å²) < 4.78 is 5.14. The van der Waals surface area contributed by atoms with Gasteiger partial charge in [-0.05, 0) is 18.2 Å². The number of pyridine rings is 1. The van der Waals surface area contributed by atoms with Crippen LogP contribution >= 0.6 is 11.6 Å². The molecule has 1 N–H and O–H groups in total. The van der Waals surface area contributed by atoms with E-state index in [1.165, 1.54) is 0 Å². The van der Waals surface area contributed by atoms with Gasteiger partial charge in [0.2, 0.25) is 0 Å². The summed E-state index contributed by atoms with van der Waals surface area (Å²) in [5, 5.41) is 0. The van der Waals surface area contributed by atoms with Crippen LogP contribution in [0.5, 0.6) is 5.75 Å². The van der Waals surface area contributed by atoms with Crippen molar-refractivity contribution in [3.8, 4) is 17.0 Å². The molecule has 3 nitrogen and oxygen atoms in total. The highest BCUT2D eigenvalue weighted by molar-refractivity contribution is 6.17. The van der Waals surface area contributed by atoms with Gasteiger partial charge in [0.05, 0.1) is 13.0 Å². The molecule has 0 aliphatic carbocycles. The number of H-pyrrole nitrogens is 1. The summed E-state index contributed by atoms with van der Waals surface area (Å²) in [6, 6.07) is 11.1. The Morgan fingerprint density at radius 1 is 1.29 bits per heavy atom. The van der Waals surface area contributed by atoms with Gasteiger partial charge in [-0.15, -0.1) is 11.6 Å². The second kappa shape index (κ2) is 5.06. The summed E-state index contributed by atoms with van der Waals surface area (Å²) in [4.78, 5) is 14.4. The van der Waals surface area contributed by atoms with Crippen molar-refractivity contribution in [1.82, 2.24) is 4.98 Å². The van der Waals surface area contributed by atoms with Crippen molar-refractivity contribution in [2.24, 2.45) is 0 Å². The van der Waals surface area contributed by atoms with E-state index in [4.69, 9.17) is 16.3 Å². The van der Waals surface area contributed by atoms with Crippen LogP contribution in [0.4, 0.5) is 0 Å². The molecular formula is C13H12ClNO2. The number of ether oxygens (including phenoxy) is 1. The number of aromatic nitrogens is 1. The van der Waals surface area contributed by atoms with Gasteiger partial charge in [0.25, 0.3) is 5.56 Å². The molecule has 1 aromatic heterocycles. The van der Waals surface area contributed by atoms with Crippen LogP contribution in [0.3, 0.4) is 0 Å². The number of alkyl halides is 1. The molecule has 0 bridgehead atoms. The summed E-state index contributed by atoms with van der Waals surface area (Å²) in [5.41, 5.74) is 2.07. The third kappa shape index (κ3) is 2.50. The molecule has 2 aromatic rings. The molecule has 88 valence electrons. The van der Waals surface area contributed by atoms with Crippen LogP contribution in [0.15, 0.2) is 41.2 Å². The zero-order valence-electron chi connectivity index (χ0n) is 9.37. The van der Waals surface area contributed by atoms with Gasteiger partial charge >= 0.3 is 0 Å². The summed E-state index contributed by atoms with van der Waals surface area (Å²) in [5.74, 6) is 0.970. The van der Waals surface area contributed by atoms with Crippen LogP contribution in [-0.4, -0.2) is 12.1 Å². The number of benzene rings is 1. The maximum absolute atomic E-state index is 11.6. The largest absolute Gasteiger partial charge is 0.497 e. The lowest BCUT2D eigenvalue weighted by atomic mass is 10.1. The Morgan fingerprint density at radius 2 is 2.12 bits per heavy atom. The van der Waals surface area contributed by atoms with Crippen molar-refractivity contribution < 1.29 is 4.74 Å². The second-order valence-electron chi connectivity index (χ2n) is 3.59. The second-order valence-corrected chi connectivity index (χ2v) is 3.86. The zero-order valence-corrected chi connectivity index (χ0v) is 10.1. The van der Waals surface area contributed by atoms with Gasteiger partial charge in [0, 0.05) is 16.8 Å². The monoisotopic (exact) mass is 249 g/mol. The fourth-order valence-corrected chi connectivity index (χ4v) is 1.78. The third-order valence-corrected chi connectivity index (χ3v) is 2.80. The molecule has 1 heterocycles. The maximum Gasteiger partial charge on any atom is 0.252 e. The molecule has 4 heteroatoms. The van der Waals surface area contributed by atoms with Gasteiger partial charge in [-0.1, -0.05) is 18.2 Å². The molecule has 0 aliphatic rings. The van der Waals surface area contributed by atoms with Crippen molar-refractivity contribution in [3.63, 3.8) is 0 Å². The van der Waals surface area contributed by atoms with Crippen molar-refractivity contribution in [3.05, 3.63) is 52.3 Å². The summed E-state index contributed by atoms with van der Waals surface area (Å²) in [6.07, 6.45) is 0. The number of methoxy groups -OCH3 is 1. The highest BCUT2D eigenvalue weighted by Crippen LogP contribution is 2.21. The van der Waals surface area contributed by atoms with Crippen LogP contribution in [-0.2, 0) is 5.88 Å². The van der Waals surface area contributed by atoms with E-state index in [1.54, 1.807) is 13.2 Å². The van der Waals surface area contributed by atoms with Gasteiger partial charge in [-0.3, -0.25) is 4.79 Å². The SMILES string of the molecule is COc1cccc(-c2ccc(CCl)c(=O)[nH]2)c1. The average molecular weight is 250 g/mol. The summed E-state index contributed by atoms with van der Waals surface area (Å²) >= 11 is 5.64. The number of aromatic amines is 1. The molecule has 0 saturated heterocycles. The standard InChI is InChI=1S/C13H12ClNO2/c1-17-11-4-2-3-9(7-11)12-6-5-10(8-14)13(16)15-12/h2-7H,8H2,1H3,(H,15,16). The van der Waals surface area contributed by atoms with Crippen LogP contribution in [0, 0.1) is 0 Å². The Kier molecular flexibility index (Phi) is 3.49. The van der Waals surface area contributed by atoms with Crippen LogP contribution in [0.25, 0.3) is 11.3 Å². The van der Waals surface area contributed by atoms with Crippen molar-refractivity contribution in [1.29, 1.82) is 0 Å². The molecule has 0 radical (unpaired) electrons. The van der Waals surface area contributed by atoms with E-state index in [0.29, 0.717) is 5.56 Å². The molecule has 0 fully saturated rings. The average Bonchev–Trinajstić information content (AvgIpc) is 2.38. The predicted molar refractivity (Wildman–Crippen MR) is 68.6 cm³/mol. The van der Waals surface area contributed by atoms with Crippen molar-refractivity contribution >= 4 is 11.6 Å². The van der Waals surface area contributed by atoms with E-state index >= 15 is 0 Å². The Labute approximate surface area is 104 Å². The number of halogens is 1. The topological polar surface area (TPSA) is 42.1 Å². The van der Waals surface area contributed by atoms with Gasteiger partial charge < -0.3 is 9.72 Å². The third-order valence-electron chi connectivity index (χ3n) is 2.52. The maximum atomic E-state index is 11.6. The minimum atomic E-state index is -0.152.